The molecule has 1 saturated heterocycles. The number of nitrogens with one attached hydrogen (secondary N) is 1. The molecule has 2 rings (SSSR count). The monoisotopic (exact) mass is 280 g/mol. The summed E-state index contributed by atoms with van der Waals surface area (Å²) in [6.45, 7) is 3.43. The molecule has 90 valence electrons. The molecule has 3 nitrogen and oxygen atoms in total. The molecule has 1 aliphatic rings. The Bertz CT molecular complexity index is 350. The molecule has 0 radical (unpaired) electrons. The van der Waals surface area contributed by atoms with Crippen molar-refractivity contribution in [2.24, 2.45) is 0 Å². The van der Waals surface area contributed by atoms with Gasteiger partial charge in [0.05, 0.1) is 10.8 Å². The smallest absolute Gasteiger partial charge is 0.227 e. The van der Waals surface area contributed by atoms with Crippen LogP contribution in [0.15, 0.2) is 12.1 Å². The van der Waals surface area contributed by atoms with E-state index >= 15 is 0 Å². The van der Waals surface area contributed by atoms with E-state index in [1.165, 1.54) is 11.3 Å². The van der Waals surface area contributed by atoms with Gasteiger partial charge in [-0.05, 0) is 12.1 Å². The average molecular weight is 281 g/mol. The molecule has 0 spiro atoms. The number of carbonyl (C=O) groups is 1. The third-order valence-corrected chi connectivity index (χ3v) is 3.66. The topological polar surface area (TPSA) is 32.3 Å². The molecule has 0 saturated carbocycles. The third kappa shape index (κ3) is 3.63. The Balaban J connectivity index is 0.00000128. The number of hydrogen-bond acceptors (Lipinski definition) is 3. The van der Waals surface area contributed by atoms with E-state index in [0.29, 0.717) is 6.42 Å². The first kappa shape index (κ1) is 13.8. The first-order valence-corrected chi connectivity index (χ1v) is 6.18. The molecule has 1 N–H and O–H groups in total. The lowest BCUT2D eigenvalue weighted by atomic mass is 10.3. The molecule has 16 heavy (non-hydrogen) atoms. The number of piperazine rings is 1. The Labute approximate surface area is 110 Å². The second kappa shape index (κ2) is 6.45. The van der Waals surface area contributed by atoms with Crippen LogP contribution in [0.4, 0.5) is 0 Å². The van der Waals surface area contributed by atoms with Gasteiger partial charge in [0.2, 0.25) is 5.91 Å². The zero-order valence-corrected chi connectivity index (χ0v) is 11.1. The van der Waals surface area contributed by atoms with Gasteiger partial charge in [-0.2, -0.15) is 0 Å². The Morgan fingerprint density at radius 1 is 1.44 bits per heavy atom. The number of amides is 1. The molecular weight excluding hydrogens is 267 g/mol. The van der Waals surface area contributed by atoms with Crippen molar-refractivity contribution < 1.29 is 4.79 Å². The molecule has 2 heterocycles. The number of thiophene rings is 1. The van der Waals surface area contributed by atoms with Crippen molar-refractivity contribution >= 4 is 41.3 Å². The van der Waals surface area contributed by atoms with Crippen LogP contribution in [-0.2, 0) is 11.2 Å². The van der Waals surface area contributed by atoms with Gasteiger partial charge in [0.25, 0.3) is 0 Å². The fourth-order valence-corrected chi connectivity index (χ4v) is 2.70. The van der Waals surface area contributed by atoms with Crippen molar-refractivity contribution in [1.82, 2.24) is 10.2 Å². The summed E-state index contributed by atoms with van der Waals surface area (Å²) < 4.78 is 0.748. The van der Waals surface area contributed by atoms with Gasteiger partial charge in [0.15, 0.2) is 0 Å². The van der Waals surface area contributed by atoms with E-state index in [0.717, 1.165) is 35.4 Å². The highest BCUT2D eigenvalue weighted by molar-refractivity contribution is 7.16. The van der Waals surface area contributed by atoms with Gasteiger partial charge in [0, 0.05) is 31.1 Å². The summed E-state index contributed by atoms with van der Waals surface area (Å²) in [5, 5.41) is 3.23. The Kier molecular flexibility index (Phi) is 5.55. The van der Waals surface area contributed by atoms with Gasteiger partial charge in [0.1, 0.15) is 0 Å². The minimum atomic E-state index is 0. The van der Waals surface area contributed by atoms with E-state index in [-0.39, 0.29) is 18.3 Å². The van der Waals surface area contributed by atoms with Gasteiger partial charge < -0.3 is 10.2 Å². The van der Waals surface area contributed by atoms with Crippen LogP contribution in [0, 0.1) is 0 Å². The molecule has 0 atom stereocenters. The number of nitrogens with zero attached hydrogens (tertiary/aromatic N) is 1. The van der Waals surface area contributed by atoms with Gasteiger partial charge in [-0.3, -0.25) is 4.79 Å². The maximum atomic E-state index is 11.8. The van der Waals surface area contributed by atoms with Crippen molar-refractivity contribution in [3.05, 3.63) is 21.3 Å². The standard InChI is InChI=1S/C10H13ClN2OS.ClH/c11-9-2-1-8(15-9)7-10(14)13-5-3-12-4-6-13;/h1-2,12H,3-7H2;1H. The molecular formula is C10H14Cl2N2OS. The maximum absolute atomic E-state index is 11.8. The number of hydrogen-bond donors (Lipinski definition) is 1. The largest absolute Gasteiger partial charge is 0.340 e. The summed E-state index contributed by atoms with van der Waals surface area (Å²) in [6.07, 6.45) is 0.484. The van der Waals surface area contributed by atoms with E-state index in [2.05, 4.69) is 5.32 Å². The SMILES string of the molecule is Cl.O=C(Cc1ccc(Cl)s1)N1CCNCC1. The molecule has 1 aromatic heterocycles. The van der Waals surface area contributed by atoms with Gasteiger partial charge in [-0.25, -0.2) is 0 Å². The van der Waals surface area contributed by atoms with E-state index < -0.39 is 0 Å². The van der Waals surface area contributed by atoms with Crippen LogP contribution in [0.2, 0.25) is 4.34 Å². The van der Waals surface area contributed by atoms with E-state index in [1.807, 2.05) is 17.0 Å². The fourth-order valence-electron chi connectivity index (χ4n) is 1.62. The Morgan fingerprint density at radius 2 is 2.12 bits per heavy atom. The fraction of sp³-hybridized carbons (Fsp3) is 0.500. The van der Waals surface area contributed by atoms with Crippen LogP contribution >= 0.6 is 35.3 Å². The van der Waals surface area contributed by atoms with Crippen molar-refractivity contribution in [1.29, 1.82) is 0 Å². The summed E-state index contributed by atoms with van der Waals surface area (Å²) in [7, 11) is 0. The zero-order valence-electron chi connectivity index (χ0n) is 8.74. The summed E-state index contributed by atoms with van der Waals surface area (Å²) in [6, 6.07) is 3.76. The molecule has 0 aliphatic carbocycles. The van der Waals surface area contributed by atoms with Crippen molar-refractivity contribution in [3.63, 3.8) is 0 Å². The van der Waals surface area contributed by atoms with E-state index in [4.69, 9.17) is 11.6 Å². The molecule has 0 unspecified atom stereocenters. The predicted octanol–water partition coefficient (Wildman–Crippen LogP) is 1.80. The van der Waals surface area contributed by atoms with Crippen LogP contribution < -0.4 is 5.32 Å². The molecule has 1 amide bonds. The van der Waals surface area contributed by atoms with Gasteiger partial charge >= 0.3 is 0 Å². The molecule has 0 bridgehead atoms. The van der Waals surface area contributed by atoms with Crippen LogP contribution in [0.5, 0.6) is 0 Å². The molecule has 6 heteroatoms. The Morgan fingerprint density at radius 3 is 2.69 bits per heavy atom. The molecule has 1 aliphatic heterocycles. The van der Waals surface area contributed by atoms with Crippen LogP contribution in [0.3, 0.4) is 0 Å². The van der Waals surface area contributed by atoms with E-state index in [9.17, 15) is 4.79 Å². The second-order valence-corrected chi connectivity index (χ2v) is 5.31. The third-order valence-electron chi connectivity index (χ3n) is 2.42. The van der Waals surface area contributed by atoms with Crippen molar-refractivity contribution in [2.45, 2.75) is 6.42 Å². The second-order valence-electron chi connectivity index (χ2n) is 3.51. The van der Waals surface area contributed by atoms with Crippen molar-refractivity contribution in [2.75, 3.05) is 26.2 Å². The zero-order chi connectivity index (χ0) is 10.7. The average Bonchev–Trinajstić information content (AvgIpc) is 2.65. The normalized spacial score (nSPS) is 15.7. The highest BCUT2D eigenvalue weighted by atomic mass is 35.5. The lowest BCUT2D eigenvalue weighted by molar-refractivity contribution is -0.130. The summed E-state index contributed by atoms with van der Waals surface area (Å²) >= 11 is 7.30. The first-order chi connectivity index (χ1) is 7.25. The lowest BCUT2D eigenvalue weighted by Gasteiger charge is -2.27. The quantitative estimate of drug-likeness (QED) is 0.896. The molecule has 1 fully saturated rings. The molecule has 1 aromatic rings. The van der Waals surface area contributed by atoms with Crippen molar-refractivity contribution in [3.8, 4) is 0 Å². The van der Waals surface area contributed by atoms with E-state index in [1.54, 1.807) is 0 Å². The number of rotatable bonds is 2. The Hall–Kier alpha value is -0.290. The minimum absolute atomic E-state index is 0. The first-order valence-electron chi connectivity index (χ1n) is 4.98. The van der Waals surface area contributed by atoms with Crippen LogP contribution in [0.25, 0.3) is 0 Å². The van der Waals surface area contributed by atoms with Crippen LogP contribution in [-0.4, -0.2) is 37.0 Å². The molecule has 0 aromatic carbocycles. The van der Waals surface area contributed by atoms with Gasteiger partial charge in [-0.15, -0.1) is 23.7 Å². The summed E-state index contributed by atoms with van der Waals surface area (Å²) in [5.41, 5.74) is 0. The number of halogens is 2. The summed E-state index contributed by atoms with van der Waals surface area (Å²) in [4.78, 5) is 14.8. The van der Waals surface area contributed by atoms with Crippen LogP contribution in [0.1, 0.15) is 4.88 Å². The predicted molar refractivity (Wildman–Crippen MR) is 69.7 cm³/mol. The maximum Gasteiger partial charge on any atom is 0.227 e. The minimum Gasteiger partial charge on any atom is -0.340 e. The van der Waals surface area contributed by atoms with Gasteiger partial charge in [-0.1, -0.05) is 11.6 Å². The lowest BCUT2D eigenvalue weighted by Crippen LogP contribution is -2.46. The number of carbonyl (C=O) groups excluding carboxylic acids is 1. The highest BCUT2D eigenvalue weighted by Crippen LogP contribution is 2.22. The highest BCUT2D eigenvalue weighted by Gasteiger charge is 2.16. The summed E-state index contributed by atoms with van der Waals surface area (Å²) in [5.74, 6) is 0.204.